The fourth-order valence-electron chi connectivity index (χ4n) is 1.09. The molecular weight excluding hydrogens is 259 g/mol. The van der Waals surface area contributed by atoms with Crippen LogP contribution >= 0.6 is 11.6 Å². The summed E-state index contributed by atoms with van der Waals surface area (Å²) in [6, 6.07) is 0.991. The zero-order valence-corrected chi connectivity index (χ0v) is 9.88. The van der Waals surface area contributed by atoms with Crippen molar-refractivity contribution in [1.82, 2.24) is 4.98 Å². The lowest BCUT2D eigenvalue weighted by Gasteiger charge is -2.16. The Morgan fingerprint density at radius 3 is 2.41 bits per heavy atom. The molecule has 0 aliphatic heterocycles. The van der Waals surface area contributed by atoms with Crippen LogP contribution in [0.15, 0.2) is 12.3 Å². The lowest BCUT2D eigenvalue weighted by atomic mass is 10.1. The summed E-state index contributed by atoms with van der Waals surface area (Å²) in [4.78, 5) is 3.64. The highest BCUT2D eigenvalue weighted by atomic mass is 35.5. The molecule has 1 rings (SSSR count). The minimum absolute atomic E-state index is 0.0415. The first-order valence-corrected chi connectivity index (χ1v) is 5.16. The maximum Gasteiger partial charge on any atom is 0.418 e. The molecule has 0 spiro atoms. The molecule has 3 nitrogen and oxygen atoms in total. The smallest absolute Gasteiger partial charge is 0.418 e. The molecule has 7 heteroatoms. The summed E-state index contributed by atoms with van der Waals surface area (Å²) in [7, 11) is 0. The number of hydrogen-bond donors (Lipinski definition) is 1. The van der Waals surface area contributed by atoms with Crippen molar-refractivity contribution in [2.45, 2.75) is 32.2 Å². The van der Waals surface area contributed by atoms with Crippen LogP contribution < -0.4 is 4.74 Å². The molecule has 0 radical (unpaired) electrons. The molecule has 0 aliphatic carbocycles. The van der Waals surface area contributed by atoms with Crippen molar-refractivity contribution < 1.29 is 23.0 Å². The molecule has 0 saturated carbocycles. The highest BCUT2D eigenvalue weighted by Crippen LogP contribution is 2.34. The summed E-state index contributed by atoms with van der Waals surface area (Å²) in [5, 5.41) is 8.92. The highest BCUT2D eigenvalue weighted by Gasteiger charge is 2.39. The zero-order chi connectivity index (χ0) is 13.2. The monoisotopic (exact) mass is 269 g/mol. The number of aliphatic hydroxyl groups excluding tert-OH is 1. The van der Waals surface area contributed by atoms with Crippen LogP contribution in [0, 0.1) is 0 Å². The van der Waals surface area contributed by atoms with Crippen LogP contribution in [0.1, 0.15) is 25.5 Å². The topological polar surface area (TPSA) is 42.4 Å². The van der Waals surface area contributed by atoms with Gasteiger partial charge >= 0.3 is 6.18 Å². The minimum atomic E-state index is -4.74. The van der Waals surface area contributed by atoms with E-state index in [0.29, 0.717) is 0 Å². The summed E-state index contributed by atoms with van der Waals surface area (Å²) in [6.45, 7) is 3.47. The standard InChI is InChI=1S/C10H11ClF3NO2/c1-5(2)17-9-7(11)3-6(4-15-9)8(16)10(12,13)14/h3-5,8,16H,1-2H3. The molecule has 0 fully saturated rings. The third-order valence-electron chi connectivity index (χ3n) is 1.80. The van der Waals surface area contributed by atoms with E-state index in [1.807, 2.05) is 0 Å². The second-order valence-electron chi connectivity index (χ2n) is 3.67. The van der Waals surface area contributed by atoms with E-state index in [1.54, 1.807) is 13.8 Å². The first-order chi connectivity index (χ1) is 7.71. The Bertz CT molecular complexity index is 396. The van der Waals surface area contributed by atoms with Crippen molar-refractivity contribution >= 4 is 11.6 Å². The predicted molar refractivity (Wildman–Crippen MR) is 56.0 cm³/mol. The number of halogens is 4. The van der Waals surface area contributed by atoms with Crippen LogP contribution in [0.2, 0.25) is 5.02 Å². The number of ether oxygens (including phenoxy) is 1. The summed E-state index contributed by atoms with van der Waals surface area (Å²) in [5.74, 6) is 0.0415. The molecule has 1 N–H and O–H groups in total. The van der Waals surface area contributed by atoms with Crippen molar-refractivity contribution in [2.75, 3.05) is 0 Å². The van der Waals surface area contributed by atoms with Gasteiger partial charge in [-0.1, -0.05) is 11.6 Å². The van der Waals surface area contributed by atoms with E-state index in [1.165, 1.54) is 0 Å². The molecule has 17 heavy (non-hydrogen) atoms. The predicted octanol–water partition coefficient (Wildman–Crippen LogP) is 3.12. The van der Waals surface area contributed by atoms with E-state index in [-0.39, 0.29) is 17.0 Å². The molecule has 0 aromatic carbocycles. The van der Waals surface area contributed by atoms with E-state index in [9.17, 15) is 13.2 Å². The van der Waals surface area contributed by atoms with Gasteiger partial charge in [0, 0.05) is 11.8 Å². The van der Waals surface area contributed by atoms with Gasteiger partial charge in [0.2, 0.25) is 5.88 Å². The Morgan fingerprint density at radius 2 is 2.00 bits per heavy atom. The number of aliphatic hydroxyl groups is 1. The first kappa shape index (κ1) is 14.1. The second kappa shape index (κ2) is 5.10. The molecule has 0 amide bonds. The Morgan fingerprint density at radius 1 is 1.41 bits per heavy atom. The number of nitrogens with zero attached hydrogens (tertiary/aromatic N) is 1. The maximum atomic E-state index is 12.2. The van der Waals surface area contributed by atoms with Crippen LogP contribution in [0.4, 0.5) is 13.2 Å². The number of aromatic nitrogens is 1. The Hall–Kier alpha value is -1.01. The highest BCUT2D eigenvalue weighted by molar-refractivity contribution is 6.31. The van der Waals surface area contributed by atoms with Crippen molar-refractivity contribution in [3.63, 3.8) is 0 Å². The van der Waals surface area contributed by atoms with Gasteiger partial charge in [0.05, 0.1) is 6.10 Å². The van der Waals surface area contributed by atoms with Gasteiger partial charge < -0.3 is 9.84 Å². The van der Waals surface area contributed by atoms with Crippen LogP contribution in [-0.4, -0.2) is 22.4 Å². The zero-order valence-electron chi connectivity index (χ0n) is 9.12. The van der Waals surface area contributed by atoms with Crippen LogP contribution in [-0.2, 0) is 0 Å². The summed E-state index contributed by atoms with van der Waals surface area (Å²) in [5.41, 5.74) is -0.418. The maximum absolute atomic E-state index is 12.2. The quantitative estimate of drug-likeness (QED) is 0.917. The van der Waals surface area contributed by atoms with Gasteiger partial charge in [-0.15, -0.1) is 0 Å². The van der Waals surface area contributed by atoms with Crippen LogP contribution in [0.5, 0.6) is 5.88 Å². The van der Waals surface area contributed by atoms with Crippen LogP contribution in [0.25, 0.3) is 0 Å². The van der Waals surface area contributed by atoms with Gasteiger partial charge in [-0.2, -0.15) is 13.2 Å². The Kier molecular flexibility index (Phi) is 4.21. The largest absolute Gasteiger partial charge is 0.474 e. The van der Waals surface area contributed by atoms with E-state index in [0.717, 1.165) is 12.3 Å². The lowest BCUT2D eigenvalue weighted by Crippen LogP contribution is -2.20. The van der Waals surface area contributed by atoms with Crippen LogP contribution in [0.3, 0.4) is 0 Å². The van der Waals surface area contributed by atoms with Gasteiger partial charge in [-0.3, -0.25) is 0 Å². The fraction of sp³-hybridized carbons (Fsp3) is 0.500. The molecule has 1 aromatic heterocycles. The normalized spacial score (nSPS) is 13.9. The minimum Gasteiger partial charge on any atom is -0.474 e. The summed E-state index contributed by atoms with van der Waals surface area (Å²) < 4.78 is 41.8. The number of rotatable bonds is 3. The molecule has 1 aromatic rings. The molecule has 0 aliphatic rings. The summed E-state index contributed by atoms with van der Waals surface area (Å²) in [6.07, 6.45) is -6.65. The number of alkyl halides is 3. The molecule has 0 bridgehead atoms. The molecular formula is C10H11ClF3NO2. The van der Waals surface area contributed by atoms with Crippen molar-refractivity contribution in [1.29, 1.82) is 0 Å². The molecule has 1 unspecified atom stereocenters. The molecule has 1 heterocycles. The molecule has 96 valence electrons. The van der Waals surface area contributed by atoms with Gasteiger partial charge in [0.1, 0.15) is 5.02 Å². The van der Waals surface area contributed by atoms with Crippen molar-refractivity contribution in [3.8, 4) is 5.88 Å². The SMILES string of the molecule is CC(C)Oc1ncc(C(O)C(F)(F)F)cc1Cl. The first-order valence-electron chi connectivity index (χ1n) is 4.78. The lowest BCUT2D eigenvalue weighted by molar-refractivity contribution is -0.206. The average Bonchev–Trinajstić information content (AvgIpc) is 2.18. The van der Waals surface area contributed by atoms with Gasteiger partial charge in [-0.05, 0) is 19.9 Å². The number of pyridine rings is 1. The third-order valence-corrected chi connectivity index (χ3v) is 2.07. The van der Waals surface area contributed by atoms with E-state index in [2.05, 4.69) is 4.98 Å². The number of hydrogen-bond acceptors (Lipinski definition) is 3. The second-order valence-corrected chi connectivity index (χ2v) is 4.07. The molecule has 1 atom stereocenters. The van der Waals surface area contributed by atoms with Crippen molar-refractivity contribution in [2.24, 2.45) is 0 Å². The van der Waals surface area contributed by atoms with Gasteiger partial charge in [0.15, 0.2) is 6.10 Å². The summed E-state index contributed by atoms with van der Waals surface area (Å²) >= 11 is 5.70. The van der Waals surface area contributed by atoms with Gasteiger partial charge in [-0.25, -0.2) is 4.98 Å². The van der Waals surface area contributed by atoms with E-state index >= 15 is 0 Å². The Labute approximate surface area is 101 Å². The average molecular weight is 270 g/mol. The Balaban J connectivity index is 2.96. The third kappa shape index (κ3) is 3.74. The molecule has 0 saturated heterocycles. The van der Waals surface area contributed by atoms with E-state index < -0.39 is 17.8 Å². The fourth-order valence-corrected chi connectivity index (χ4v) is 1.31. The van der Waals surface area contributed by atoms with Crippen molar-refractivity contribution in [3.05, 3.63) is 22.8 Å². The van der Waals surface area contributed by atoms with Gasteiger partial charge in [0.25, 0.3) is 0 Å². The van der Waals surface area contributed by atoms with E-state index in [4.69, 9.17) is 21.4 Å².